The van der Waals surface area contributed by atoms with E-state index in [-0.39, 0.29) is 24.9 Å². The predicted octanol–water partition coefficient (Wildman–Crippen LogP) is 2.79. The number of likely N-dealkylation sites (N-methyl/N-ethyl adjacent to an activating group) is 1. The molecular weight excluding hydrogens is 312 g/mol. The third-order valence-electron chi connectivity index (χ3n) is 5.09. The number of benzene rings is 1. The van der Waals surface area contributed by atoms with Crippen LogP contribution in [0.2, 0.25) is 0 Å². The van der Waals surface area contributed by atoms with Gasteiger partial charge in [-0.3, -0.25) is 4.79 Å². The van der Waals surface area contributed by atoms with E-state index in [4.69, 9.17) is 4.74 Å². The highest BCUT2D eigenvalue weighted by Crippen LogP contribution is 2.29. The van der Waals surface area contributed by atoms with Gasteiger partial charge in [0.2, 0.25) is 0 Å². The second kappa shape index (κ2) is 8.02. The Labute approximate surface area is 145 Å². The van der Waals surface area contributed by atoms with Crippen LogP contribution < -0.4 is 10.1 Å². The molecule has 1 aromatic carbocycles. The molecule has 0 aromatic heterocycles. The summed E-state index contributed by atoms with van der Waals surface area (Å²) in [7, 11) is 1.92. The number of piperidine rings is 1. The number of halogens is 1. The normalized spacial score (nSPS) is 25.6. The quantitative estimate of drug-likeness (QED) is 0.897. The number of rotatable bonds is 5. The standard InChI is InChI=1S/C18H26N2O2.ClH/c1-3-13-6-4-5-7-17(13)22-12-18(21)20(2)16-10-14-8-9-15(11-16)19-14;/h4-7,14-16,19H,3,8-12H2,1-2H3;1H. The number of aryl methyl sites for hydroxylation is 1. The summed E-state index contributed by atoms with van der Waals surface area (Å²) in [6.45, 7) is 2.23. The van der Waals surface area contributed by atoms with E-state index < -0.39 is 0 Å². The van der Waals surface area contributed by atoms with Crippen molar-refractivity contribution in [3.05, 3.63) is 29.8 Å². The Kier molecular flexibility index (Phi) is 6.31. The minimum atomic E-state index is 0. The highest BCUT2D eigenvalue weighted by atomic mass is 35.5. The summed E-state index contributed by atoms with van der Waals surface area (Å²) in [6, 6.07) is 9.50. The number of carbonyl (C=O) groups excluding carboxylic acids is 1. The molecule has 1 aromatic rings. The molecule has 2 bridgehead atoms. The third kappa shape index (κ3) is 4.18. The second-order valence-corrected chi connectivity index (χ2v) is 6.52. The first-order chi connectivity index (χ1) is 10.7. The van der Waals surface area contributed by atoms with Crippen LogP contribution in [0.3, 0.4) is 0 Å². The zero-order valence-electron chi connectivity index (χ0n) is 14.0. The highest BCUT2D eigenvalue weighted by molar-refractivity contribution is 5.85. The summed E-state index contributed by atoms with van der Waals surface area (Å²) in [5.74, 6) is 0.911. The van der Waals surface area contributed by atoms with Gasteiger partial charge in [-0.1, -0.05) is 25.1 Å². The molecule has 2 heterocycles. The molecule has 23 heavy (non-hydrogen) atoms. The summed E-state index contributed by atoms with van der Waals surface area (Å²) in [5.41, 5.74) is 1.15. The summed E-state index contributed by atoms with van der Waals surface area (Å²) < 4.78 is 5.76. The molecule has 2 aliphatic heterocycles. The van der Waals surface area contributed by atoms with Crippen molar-refractivity contribution in [2.45, 2.75) is 57.2 Å². The van der Waals surface area contributed by atoms with Gasteiger partial charge >= 0.3 is 0 Å². The van der Waals surface area contributed by atoms with Crippen molar-refractivity contribution < 1.29 is 9.53 Å². The van der Waals surface area contributed by atoms with Gasteiger partial charge in [-0.25, -0.2) is 0 Å². The van der Waals surface area contributed by atoms with Crippen molar-refractivity contribution in [2.24, 2.45) is 0 Å². The third-order valence-corrected chi connectivity index (χ3v) is 5.09. The summed E-state index contributed by atoms with van der Waals surface area (Å²) in [4.78, 5) is 14.3. The maximum absolute atomic E-state index is 12.4. The predicted molar refractivity (Wildman–Crippen MR) is 94.3 cm³/mol. The van der Waals surface area contributed by atoms with Gasteiger partial charge in [0, 0.05) is 25.2 Å². The number of fused-ring (bicyclic) bond motifs is 2. The SMILES string of the molecule is CCc1ccccc1OCC(=O)N(C)C1CC2CCC(C1)N2.Cl. The number of ether oxygens (including phenoxy) is 1. The maximum Gasteiger partial charge on any atom is 0.260 e. The number of nitrogens with one attached hydrogen (secondary N) is 1. The molecule has 2 saturated heterocycles. The van der Waals surface area contributed by atoms with Crippen LogP contribution in [-0.2, 0) is 11.2 Å². The lowest BCUT2D eigenvalue weighted by Crippen LogP contribution is -2.49. The zero-order valence-corrected chi connectivity index (χ0v) is 14.8. The van der Waals surface area contributed by atoms with Crippen LogP contribution in [-0.4, -0.2) is 42.6 Å². The van der Waals surface area contributed by atoms with Crippen LogP contribution in [0.1, 0.15) is 38.2 Å². The van der Waals surface area contributed by atoms with Crippen LogP contribution >= 0.6 is 12.4 Å². The Hall–Kier alpha value is -1.26. The molecule has 0 saturated carbocycles. The number of amides is 1. The average molecular weight is 339 g/mol. The van der Waals surface area contributed by atoms with Crippen LogP contribution in [0.25, 0.3) is 0 Å². The first-order valence-corrected chi connectivity index (χ1v) is 8.39. The number of para-hydroxylation sites is 1. The Morgan fingerprint density at radius 3 is 2.57 bits per heavy atom. The van der Waals surface area contributed by atoms with Gasteiger partial charge in [-0.15, -0.1) is 12.4 Å². The van der Waals surface area contributed by atoms with Gasteiger partial charge in [0.05, 0.1) is 0 Å². The molecule has 2 unspecified atom stereocenters. The fourth-order valence-corrected chi connectivity index (χ4v) is 3.73. The van der Waals surface area contributed by atoms with Crippen molar-refractivity contribution in [3.63, 3.8) is 0 Å². The molecule has 2 aliphatic rings. The van der Waals surface area contributed by atoms with Crippen molar-refractivity contribution in [1.82, 2.24) is 10.2 Å². The first-order valence-electron chi connectivity index (χ1n) is 8.39. The summed E-state index contributed by atoms with van der Waals surface area (Å²) in [6.07, 6.45) is 5.57. The van der Waals surface area contributed by atoms with Gasteiger partial charge in [-0.2, -0.15) is 0 Å². The Morgan fingerprint density at radius 1 is 1.26 bits per heavy atom. The monoisotopic (exact) mass is 338 g/mol. The van der Waals surface area contributed by atoms with Crippen LogP contribution in [0, 0.1) is 0 Å². The van der Waals surface area contributed by atoms with Crippen molar-refractivity contribution in [2.75, 3.05) is 13.7 Å². The van der Waals surface area contributed by atoms with E-state index in [2.05, 4.69) is 12.2 Å². The van der Waals surface area contributed by atoms with E-state index >= 15 is 0 Å². The van der Waals surface area contributed by atoms with Crippen LogP contribution in [0.5, 0.6) is 5.75 Å². The topological polar surface area (TPSA) is 41.6 Å². The number of nitrogens with zero attached hydrogens (tertiary/aromatic N) is 1. The molecule has 0 spiro atoms. The van der Waals surface area contributed by atoms with Crippen LogP contribution in [0.15, 0.2) is 24.3 Å². The van der Waals surface area contributed by atoms with Crippen LogP contribution in [0.4, 0.5) is 0 Å². The van der Waals surface area contributed by atoms with E-state index in [0.717, 1.165) is 30.6 Å². The lowest BCUT2D eigenvalue weighted by molar-refractivity contribution is -0.134. The zero-order chi connectivity index (χ0) is 15.5. The second-order valence-electron chi connectivity index (χ2n) is 6.52. The Balaban J connectivity index is 0.00000192. The fourth-order valence-electron chi connectivity index (χ4n) is 3.73. The smallest absolute Gasteiger partial charge is 0.260 e. The van der Waals surface area contributed by atoms with Gasteiger partial charge in [0.1, 0.15) is 5.75 Å². The molecule has 0 radical (unpaired) electrons. The van der Waals surface area contributed by atoms with E-state index in [1.165, 1.54) is 12.8 Å². The van der Waals surface area contributed by atoms with E-state index in [9.17, 15) is 4.79 Å². The van der Waals surface area contributed by atoms with Gasteiger partial charge < -0.3 is 15.0 Å². The minimum Gasteiger partial charge on any atom is -0.483 e. The molecule has 2 fully saturated rings. The minimum absolute atomic E-state index is 0. The van der Waals surface area contributed by atoms with Crippen molar-refractivity contribution in [3.8, 4) is 5.75 Å². The number of hydrogen-bond acceptors (Lipinski definition) is 3. The molecule has 5 heteroatoms. The largest absolute Gasteiger partial charge is 0.483 e. The van der Waals surface area contributed by atoms with Gasteiger partial charge in [0.25, 0.3) is 5.91 Å². The molecular formula is C18H27ClN2O2. The van der Waals surface area contributed by atoms with Gasteiger partial charge in [0.15, 0.2) is 6.61 Å². The number of carbonyl (C=O) groups is 1. The van der Waals surface area contributed by atoms with E-state index in [1.807, 2.05) is 36.2 Å². The molecule has 2 atom stereocenters. The van der Waals surface area contributed by atoms with E-state index in [1.54, 1.807) is 0 Å². The first kappa shape index (κ1) is 18.1. The van der Waals surface area contributed by atoms with E-state index in [0.29, 0.717) is 18.1 Å². The highest BCUT2D eigenvalue weighted by Gasteiger charge is 2.36. The maximum atomic E-state index is 12.4. The molecule has 1 N–H and O–H groups in total. The lowest BCUT2D eigenvalue weighted by Gasteiger charge is -2.35. The average Bonchev–Trinajstić information content (AvgIpc) is 2.90. The fraction of sp³-hybridized carbons (Fsp3) is 0.611. The molecule has 0 aliphatic carbocycles. The number of hydrogen-bond donors (Lipinski definition) is 1. The molecule has 4 nitrogen and oxygen atoms in total. The molecule has 3 rings (SSSR count). The van der Waals surface area contributed by atoms with Gasteiger partial charge in [-0.05, 0) is 43.7 Å². The lowest BCUT2D eigenvalue weighted by atomic mass is 9.98. The molecule has 128 valence electrons. The van der Waals surface area contributed by atoms with Crippen molar-refractivity contribution >= 4 is 18.3 Å². The molecule has 1 amide bonds. The summed E-state index contributed by atoms with van der Waals surface area (Å²) >= 11 is 0. The Morgan fingerprint density at radius 2 is 1.91 bits per heavy atom. The summed E-state index contributed by atoms with van der Waals surface area (Å²) in [5, 5.41) is 3.62. The van der Waals surface area contributed by atoms with Crippen molar-refractivity contribution in [1.29, 1.82) is 0 Å². The Bertz CT molecular complexity index is 526.